The molecular weight excluding hydrogens is 204 g/mol. The maximum absolute atomic E-state index is 12.1. The fourth-order valence-electron chi connectivity index (χ4n) is 2.31. The molecule has 0 radical (unpaired) electrons. The summed E-state index contributed by atoms with van der Waals surface area (Å²) in [5, 5.41) is 3.33. The Morgan fingerprint density at radius 2 is 2.19 bits per heavy atom. The van der Waals surface area contributed by atoms with Crippen molar-refractivity contribution in [3.05, 3.63) is 0 Å². The van der Waals surface area contributed by atoms with Gasteiger partial charge in [0.1, 0.15) is 0 Å². The van der Waals surface area contributed by atoms with Crippen LogP contribution < -0.4 is 5.32 Å². The van der Waals surface area contributed by atoms with Crippen LogP contribution in [0.3, 0.4) is 0 Å². The van der Waals surface area contributed by atoms with E-state index in [1.807, 2.05) is 4.90 Å². The lowest BCUT2D eigenvalue weighted by Crippen LogP contribution is -2.38. The van der Waals surface area contributed by atoms with Crippen molar-refractivity contribution in [2.75, 3.05) is 26.9 Å². The third-order valence-electron chi connectivity index (χ3n) is 3.66. The molecule has 1 amide bonds. The molecule has 1 aliphatic heterocycles. The summed E-state index contributed by atoms with van der Waals surface area (Å²) in [6.07, 6.45) is 3.02. The maximum atomic E-state index is 12.1. The second-order valence-electron chi connectivity index (χ2n) is 5.83. The number of nitrogens with zero attached hydrogens (tertiary/aromatic N) is 1. The summed E-state index contributed by atoms with van der Waals surface area (Å²) in [7, 11) is 1.72. The monoisotopic (exact) mass is 226 g/mol. The van der Waals surface area contributed by atoms with Gasteiger partial charge in [0.05, 0.1) is 12.2 Å². The summed E-state index contributed by atoms with van der Waals surface area (Å²) in [5.74, 6) is 0.304. The first-order valence-corrected chi connectivity index (χ1v) is 6.02. The summed E-state index contributed by atoms with van der Waals surface area (Å²) >= 11 is 0. The van der Waals surface area contributed by atoms with E-state index in [-0.39, 0.29) is 11.0 Å². The SMILES string of the molecule is COCCC(C)(C)CN1CNC2(CC2)C1=O. The Bertz CT molecular complexity index is 285. The summed E-state index contributed by atoms with van der Waals surface area (Å²) in [4.78, 5) is 14.0. The fourth-order valence-corrected chi connectivity index (χ4v) is 2.31. The predicted octanol–water partition coefficient (Wildman–Crippen LogP) is 0.971. The third kappa shape index (κ3) is 2.23. The van der Waals surface area contributed by atoms with Crippen LogP contribution in [0.4, 0.5) is 0 Å². The Labute approximate surface area is 97.3 Å². The Hall–Kier alpha value is -0.610. The van der Waals surface area contributed by atoms with Gasteiger partial charge in [0, 0.05) is 20.3 Å². The van der Waals surface area contributed by atoms with Gasteiger partial charge in [-0.2, -0.15) is 0 Å². The van der Waals surface area contributed by atoms with E-state index in [1.165, 1.54) is 0 Å². The van der Waals surface area contributed by atoms with Gasteiger partial charge in [0.2, 0.25) is 5.91 Å². The highest BCUT2D eigenvalue weighted by Gasteiger charge is 2.55. The van der Waals surface area contributed by atoms with Crippen LogP contribution in [-0.2, 0) is 9.53 Å². The van der Waals surface area contributed by atoms with Crippen molar-refractivity contribution < 1.29 is 9.53 Å². The summed E-state index contributed by atoms with van der Waals surface area (Å²) in [6, 6.07) is 0. The highest BCUT2D eigenvalue weighted by atomic mass is 16.5. The molecule has 0 atom stereocenters. The molecule has 4 heteroatoms. The van der Waals surface area contributed by atoms with Gasteiger partial charge in [-0.15, -0.1) is 0 Å². The van der Waals surface area contributed by atoms with E-state index in [2.05, 4.69) is 19.2 Å². The second-order valence-corrected chi connectivity index (χ2v) is 5.83. The van der Waals surface area contributed by atoms with Crippen molar-refractivity contribution in [1.29, 1.82) is 0 Å². The molecule has 0 unspecified atom stereocenters. The number of nitrogens with one attached hydrogen (secondary N) is 1. The molecule has 1 spiro atoms. The number of amides is 1. The van der Waals surface area contributed by atoms with E-state index in [4.69, 9.17) is 4.74 Å². The average Bonchev–Trinajstić information content (AvgIpc) is 2.95. The maximum Gasteiger partial charge on any atom is 0.243 e. The number of carbonyl (C=O) groups excluding carboxylic acids is 1. The molecule has 92 valence electrons. The zero-order valence-corrected chi connectivity index (χ0v) is 10.5. The van der Waals surface area contributed by atoms with Crippen LogP contribution in [0.25, 0.3) is 0 Å². The molecule has 0 bridgehead atoms. The minimum Gasteiger partial charge on any atom is -0.385 e. The van der Waals surface area contributed by atoms with Gasteiger partial charge in [-0.05, 0) is 24.7 Å². The van der Waals surface area contributed by atoms with Gasteiger partial charge in [-0.3, -0.25) is 10.1 Å². The van der Waals surface area contributed by atoms with Gasteiger partial charge in [-0.1, -0.05) is 13.8 Å². The van der Waals surface area contributed by atoms with Crippen molar-refractivity contribution >= 4 is 5.91 Å². The molecule has 1 heterocycles. The Morgan fingerprint density at radius 3 is 2.69 bits per heavy atom. The van der Waals surface area contributed by atoms with Crippen LogP contribution in [0.2, 0.25) is 0 Å². The van der Waals surface area contributed by atoms with Gasteiger partial charge in [0.15, 0.2) is 0 Å². The van der Waals surface area contributed by atoms with Crippen molar-refractivity contribution in [1.82, 2.24) is 10.2 Å². The first-order valence-electron chi connectivity index (χ1n) is 6.02. The summed E-state index contributed by atoms with van der Waals surface area (Å²) < 4.78 is 5.10. The fraction of sp³-hybridized carbons (Fsp3) is 0.917. The largest absolute Gasteiger partial charge is 0.385 e. The number of hydrogen-bond donors (Lipinski definition) is 1. The predicted molar refractivity (Wildman–Crippen MR) is 62.0 cm³/mol. The lowest BCUT2D eigenvalue weighted by Gasteiger charge is -2.29. The van der Waals surface area contributed by atoms with Crippen molar-refractivity contribution in [3.8, 4) is 0 Å². The third-order valence-corrected chi connectivity index (χ3v) is 3.66. The molecule has 0 aromatic carbocycles. The second kappa shape index (κ2) is 4.00. The van der Waals surface area contributed by atoms with Crippen LogP contribution in [0.15, 0.2) is 0 Å². The van der Waals surface area contributed by atoms with E-state index in [1.54, 1.807) is 7.11 Å². The van der Waals surface area contributed by atoms with Crippen molar-refractivity contribution in [3.63, 3.8) is 0 Å². The molecule has 2 fully saturated rings. The molecule has 1 N–H and O–H groups in total. The highest BCUT2D eigenvalue weighted by molar-refractivity contribution is 5.91. The average molecular weight is 226 g/mol. The Kier molecular flexibility index (Phi) is 2.97. The topological polar surface area (TPSA) is 41.6 Å². The molecule has 1 saturated heterocycles. The molecule has 4 nitrogen and oxygen atoms in total. The van der Waals surface area contributed by atoms with E-state index in [0.29, 0.717) is 5.91 Å². The molecule has 2 aliphatic rings. The minimum atomic E-state index is -0.155. The quantitative estimate of drug-likeness (QED) is 0.759. The number of hydrogen-bond acceptors (Lipinski definition) is 3. The first-order chi connectivity index (χ1) is 7.49. The van der Waals surface area contributed by atoms with Crippen molar-refractivity contribution in [2.24, 2.45) is 5.41 Å². The van der Waals surface area contributed by atoms with Crippen LogP contribution in [0.5, 0.6) is 0 Å². The molecule has 1 saturated carbocycles. The normalized spacial score (nSPS) is 23.2. The van der Waals surface area contributed by atoms with E-state index >= 15 is 0 Å². The molecule has 2 rings (SSSR count). The van der Waals surface area contributed by atoms with E-state index in [0.717, 1.165) is 39.1 Å². The van der Waals surface area contributed by atoms with Crippen LogP contribution in [0, 0.1) is 5.41 Å². The number of ether oxygens (including phenoxy) is 1. The van der Waals surface area contributed by atoms with Crippen LogP contribution >= 0.6 is 0 Å². The van der Waals surface area contributed by atoms with Gasteiger partial charge in [-0.25, -0.2) is 0 Å². The molecule has 1 aliphatic carbocycles. The van der Waals surface area contributed by atoms with E-state index < -0.39 is 0 Å². The molecule has 0 aromatic heterocycles. The Balaban J connectivity index is 1.87. The van der Waals surface area contributed by atoms with Gasteiger partial charge < -0.3 is 9.64 Å². The number of methoxy groups -OCH3 is 1. The standard InChI is InChI=1S/C12H22N2O2/c1-11(2,6-7-16-3)8-14-9-13-12(4-5-12)10(14)15/h13H,4-9H2,1-3H3. The molecular formula is C12H22N2O2. The first kappa shape index (κ1) is 11.9. The summed E-state index contributed by atoms with van der Waals surface area (Å²) in [6.45, 7) is 6.68. The summed E-state index contributed by atoms with van der Waals surface area (Å²) in [5.41, 5.74) is -0.0227. The molecule has 16 heavy (non-hydrogen) atoms. The van der Waals surface area contributed by atoms with Crippen LogP contribution in [-0.4, -0.2) is 43.3 Å². The van der Waals surface area contributed by atoms with E-state index in [9.17, 15) is 4.79 Å². The Morgan fingerprint density at radius 1 is 1.50 bits per heavy atom. The number of rotatable bonds is 5. The number of carbonyl (C=O) groups is 1. The lowest BCUT2D eigenvalue weighted by molar-refractivity contribution is -0.131. The van der Waals surface area contributed by atoms with Gasteiger partial charge >= 0.3 is 0 Å². The zero-order chi connectivity index (χ0) is 11.8. The van der Waals surface area contributed by atoms with Crippen LogP contribution in [0.1, 0.15) is 33.1 Å². The minimum absolute atomic E-state index is 0.133. The zero-order valence-electron chi connectivity index (χ0n) is 10.5. The lowest BCUT2D eigenvalue weighted by atomic mass is 9.89. The van der Waals surface area contributed by atoms with Crippen molar-refractivity contribution in [2.45, 2.75) is 38.6 Å². The smallest absolute Gasteiger partial charge is 0.243 e. The molecule has 0 aromatic rings. The van der Waals surface area contributed by atoms with Gasteiger partial charge in [0.25, 0.3) is 0 Å². The highest BCUT2D eigenvalue weighted by Crippen LogP contribution is 2.41.